The Labute approximate surface area is 171 Å². The van der Waals surface area contributed by atoms with Crippen molar-refractivity contribution in [2.75, 3.05) is 0 Å². The van der Waals surface area contributed by atoms with Crippen molar-refractivity contribution in [3.63, 3.8) is 0 Å². The lowest BCUT2D eigenvalue weighted by molar-refractivity contribution is -0.384. The highest BCUT2D eigenvalue weighted by molar-refractivity contribution is 6.14. The van der Waals surface area contributed by atoms with Crippen LogP contribution in [0.15, 0.2) is 91.0 Å². The van der Waals surface area contributed by atoms with E-state index < -0.39 is 0 Å². The minimum Gasteiger partial charge on any atom is -0.292 e. The van der Waals surface area contributed by atoms with Crippen molar-refractivity contribution < 1.29 is 4.92 Å². The summed E-state index contributed by atoms with van der Waals surface area (Å²) < 4.78 is 2.18. The summed E-state index contributed by atoms with van der Waals surface area (Å²) in [6.45, 7) is 0. The normalized spacial score (nSPS) is 11.6. The number of para-hydroxylation sites is 3. The molecule has 0 bridgehead atoms. The van der Waals surface area contributed by atoms with E-state index in [0.717, 1.165) is 43.9 Å². The molecule has 0 aliphatic heterocycles. The quantitative estimate of drug-likeness (QED) is 0.196. The molecule has 6 rings (SSSR count). The van der Waals surface area contributed by atoms with Gasteiger partial charge in [-0.05, 0) is 41.3 Å². The van der Waals surface area contributed by atoms with Crippen LogP contribution >= 0.6 is 0 Å². The summed E-state index contributed by atoms with van der Waals surface area (Å²) in [6.07, 6.45) is 0. The van der Waals surface area contributed by atoms with E-state index in [0.29, 0.717) is 5.56 Å². The molecular weight excluding hydrogens is 374 g/mol. The molecule has 0 unspecified atom stereocenters. The molecule has 5 heteroatoms. The van der Waals surface area contributed by atoms with Crippen molar-refractivity contribution in [3.05, 3.63) is 101 Å². The molecule has 0 saturated carbocycles. The second-order valence-corrected chi connectivity index (χ2v) is 7.31. The molecule has 0 N–H and O–H groups in total. The zero-order valence-electron chi connectivity index (χ0n) is 15.8. The molecule has 142 valence electrons. The zero-order chi connectivity index (χ0) is 20.2. The summed E-state index contributed by atoms with van der Waals surface area (Å²) in [4.78, 5) is 16.1. The molecule has 5 nitrogen and oxygen atoms in total. The molecule has 30 heavy (non-hydrogen) atoms. The molecule has 2 heterocycles. The van der Waals surface area contributed by atoms with Gasteiger partial charge in [-0.1, -0.05) is 54.6 Å². The van der Waals surface area contributed by atoms with E-state index in [4.69, 9.17) is 4.98 Å². The van der Waals surface area contributed by atoms with Gasteiger partial charge in [0, 0.05) is 16.8 Å². The molecule has 0 radical (unpaired) electrons. The Bertz CT molecular complexity index is 1630. The predicted octanol–water partition coefficient (Wildman–Crippen LogP) is 6.37. The van der Waals surface area contributed by atoms with Crippen molar-refractivity contribution in [1.82, 2.24) is 9.38 Å². The Morgan fingerprint density at radius 1 is 0.733 bits per heavy atom. The molecule has 6 aromatic rings. The molecular formula is C25H15N3O2. The number of nitro groups is 1. The lowest BCUT2D eigenvalue weighted by atomic mass is 9.99. The van der Waals surface area contributed by atoms with Crippen molar-refractivity contribution >= 4 is 44.0 Å². The SMILES string of the molecule is O=[N+]([O-])c1ccccc1-c1ccc2c(c1)c1ccccc1c1nc3ccccc3n21. The van der Waals surface area contributed by atoms with Crippen LogP contribution in [0.25, 0.3) is 49.5 Å². The fraction of sp³-hybridized carbons (Fsp3) is 0. The van der Waals surface area contributed by atoms with Gasteiger partial charge in [0.15, 0.2) is 0 Å². The second kappa shape index (κ2) is 6.12. The number of nitro benzene ring substituents is 1. The van der Waals surface area contributed by atoms with Crippen LogP contribution in [0, 0.1) is 10.1 Å². The minimum absolute atomic E-state index is 0.107. The summed E-state index contributed by atoms with van der Waals surface area (Å²) in [5.74, 6) is 0. The van der Waals surface area contributed by atoms with Gasteiger partial charge in [0.2, 0.25) is 0 Å². The number of fused-ring (bicyclic) bond motifs is 8. The van der Waals surface area contributed by atoms with Gasteiger partial charge in [-0.2, -0.15) is 0 Å². The first-order chi connectivity index (χ1) is 14.7. The lowest BCUT2D eigenvalue weighted by Crippen LogP contribution is -1.94. The topological polar surface area (TPSA) is 60.4 Å². The first-order valence-corrected chi connectivity index (χ1v) is 9.68. The van der Waals surface area contributed by atoms with Crippen molar-refractivity contribution in [1.29, 1.82) is 0 Å². The summed E-state index contributed by atoms with van der Waals surface area (Å²) in [6, 6.07) is 29.2. The van der Waals surface area contributed by atoms with E-state index in [1.54, 1.807) is 18.2 Å². The van der Waals surface area contributed by atoms with Gasteiger partial charge in [0.05, 0.1) is 27.0 Å². The number of benzene rings is 4. The number of hydrogen-bond donors (Lipinski definition) is 0. The van der Waals surface area contributed by atoms with E-state index in [9.17, 15) is 10.1 Å². The smallest absolute Gasteiger partial charge is 0.277 e. The predicted molar refractivity (Wildman–Crippen MR) is 120 cm³/mol. The lowest BCUT2D eigenvalue weighted by Gasteiger charge is -2.11. The van der Waals surface area contributed by atoms with Gasteiger partial charge in [0.25, 0.3) is 5.69 Å². The summed E-state index contributed by atoms with van der Waals surface area (Å²) in [7, 11) is 0. The molecule has 0 fully saturated rings. The van der Waals surface area contributed by atoms with Gasteiger partial charge in [-0.3, -0.25) is 14.5 Å². The molecule has 4 aromatic carbocycles. The fourth-order valence-electron chi connectivity index (χ4n) is 4.35. The standard InChI is InChI=1S/C25H15N3O2/c29-28(30)23-11-5-3-7-17(23)16-13-14-22-20(15-16)18-8-1-2-9-19(18)25-26-21-10-4-6-12-24(21)27(22)25/h1-15H. The van der Waals surface area contributed by atoms with E-state index in [-0.39, 0.29) is 10.6 Å². The van der Waals surface area contributed by atoms with E-state index in [1.807, 2.05) is 54.6 Å². The molecule has 0 spiro atoms. The van der Waals surface area contributed by atoms with Crippen LogP contribution in [0.3, 0.4) is 0 Å². The van der Waals surface area contributed by atoms with E-state index >= 15 is 0 Å². The summed E-state index contributed by atoms with van der Waals surface area (Å²) >= 11 is 0. The third-order valence-corrected chi connectivity index (χ3v) is 5.67. The highest BCUT2D eigenvalue weighted by Gasteiger charge is 2.17. The third kappa shape index (κ3) is 2.26. The monoisotopic (exact) mass is 389 g/mol. The van der Waals surface area contributed by atoms with Crippen LogP contribution in [0.5, 0.6) is 0 Å². The van der Waals surface area contributed by atoms with Crippen LogP contribution in [-0.4, -0.2) is 14.3 Å². The Morgan fingerprint density at radius 2 is 1.47 bits per heavy atom. The summed E-state index contributed by atoms with van der Waals surface area (Å²) in [5, 5.41) is 14.7. The number of aromatic nitrogens is 2. The number of nitrogens with zero attached hydrogens (tertiary/aromatic N) is 3. The Morgan fingerprint density at radius 3 is 2.33 bits per heavy atom. The van der Waals surface area contributed by atoms with E-state index in [2.05, 4.69) is 22.6 Å². The second-order valence-electron chi connectivity index (χ2n) is 7.31. The van der Waals surface area contributed by atoms with Gasteiger partial charge < -0.3 is 0 Å². The first-order valence-electron chi connectivity index (χ1n) is 9.68. The van der Waals surface area contributed by atoms with Crippen LogP contribution in [0.4, 0.5) is 5.69 Å². The van der Waals surface area contributed by atoms with Gasteiger partial charge in [-0.25, -0.2) is 4.98 Å². The fourth-order valence-corrected chi connectivity index (χ4v) is 4.35. The van der Waals surface area contributed by atoms with Crippen molar-refractivity contribution in [2.24, 2.45) is 0 Å². The van der Waals surface area contributed by atoms with E-state index in [1.165, 1.54) is 0 Å². The maximum atomic E-state index is 11.6. The largest absolute Gasteiger partial charge is 0.292 e. The first kappa shape index (κ1) is 16.7. The van der Waals surface area contributed by atoms with Crippen LogP contribution in [-0.2, 0) is 0 Å². The van der Waals surface area contributed by atoms with Gasteiger partial charge in [0.1, 0.15) is 5.65 Å². The third-order valence-electron chi connectivity index (χ3n) is 5.67. The zero-order valence-corrected chi connectivity index (χ0v) is 15.8. The molecule has 0 aliphatic carbocycles. The molecule has 0 amide bonds. The molecule has 0 saturated heterocycles. The average Bonchev–Trinajstić information content (AvgIpc) is 3.19. The van der Waals surface area contributed by atoms with Crippen LogP contribution < -0.4 is 0 Å². The Hall–Kier alpha value is -4.25. The van der Waals surface area contributed by atoms with Crippen LogP contribution in [0.2, 0.25) is 0 Å². The molecule has 2 aromatic heterocycles. The molecule has 0 aliphatic rings. The average molecular weight is 389 g/mol. The number of imidazole rings is 1. The van der Waals surface area contributed by atoms with Gasteiger partial charge >= 0.3 is 0 Å². The summed E-state index contributed by atoms with van der Waals surface area (Å²) in [5.41, 5.74) is 5.47. The van der Waals surface area contributed by atoms with Crippen molar-refractivity contribution in [2.45, 2.75) is 0 Å². The van der Waals surface area contributed by atoms with Crippen LogP contribution in [0.1, 0.15) is 0 Å². The van der Waals surface area contributed by atoms with Gasteiger partial charge in [-0.15, -0.1) is 0 Å². The highest BCUT2D eigenvalue weighted by atomic mass is 16.6. The maximum absolute atomic E-state index is 11.6. The minimum atomic E-state index is -0.329. The molecule has 0 atom stereocenters. The number of rotatable bonds is 2. The number of hydrogen-bond acceptors (Lipinski definition) is 3. The maximum Gasteiger partial charge on any atom is 0.277 e. The highest BCUT2D eigenvalue weighted by Crippen LogP contribution is 2.36. The van der Waals surface area contributed by atoms with Crippen molar-refractivity contribution in [3.8, 4) is 11.1 Å². The Kier molecular flexibility index (Phi) is 3.40. The number of pyridine rings is 1. The Balaban J connectivity index is 1.79.